The number of carbonyl (C=O) groups excluding carboxylic acids is 2. The quantitative estimate of drug-likeness (QED) is 0.641. The molecule has 9 heteroatoms. The Morgan fingerprint density at radius 3 is 2.03 bits per heavy atom. The zero-order chi connectivity index (χ0) is 22.4. The molecule has 0 aliphatic carbocycles. The van der Waals surface area contributed by atoms with Crippen LogP contribution in [0.3, 0.4) is 0 Å². The van der Waals surface area contributed by atoms with Crippen molar-refractivity contribution in [3.8, 4) is 0 Å². The summed E-state index contributed by atoms with van der Waals surface area (Å²) in [5, 5.41) is 0. The molecular formula is C20H34N2O6S. The van der Waals surface area contributed by atoms with E-state index in [4.69, 9.17) is 0 Å². The van der Waals surface area contributed by atoms with Gasteiger partial charge in [0.1, 0.15) is 0 Å². The molecule has 0 heterocycles. The highest BCUT2D eigenvalue weighted by molar-refractivity contribution is 7.85. The Morgan fingerprint density at radius 2 is 1.62 bits per heavy atom. The van der Waals surface area contributed by atoms with Crippen molar-refractivity contribution in [3.05, 3.63) is 35.9 Å². The summed E-state index contributed by atoms with van der Waals surface area (Å²) in [7, 11) is -3.47. The fourth-order valence-electron chi connectivity index (χ4n) is 2.74. The maximum Gasteiger partial charge on any atom is 0.423 e. The average Bonchev–Trinajstić information content (AvgIpc) is 2.62. The standard InChI is InChI=1S/C12H15NO6S.C8H19N/c1-18-12(15)13-20(16,17)19-11(14)9-5-8-10-6-3-2-4-7-10;1-6-9(7(2)3)8(4)5/h2-4,6-7H,5,8-9H2,1H3,(H,13,15);7-8H,6H2,1-5H3. The van der Waals surface area contributed by atoms with Gasteiger partial charge in [-0.1, -0.05) is 37.3 Å². The fraction of sp³-hybridized carbons (Fsp3) is 0.600. The third-order valence-corrected chi connectivity index (χ3v) is 4.80. The molecule has 0 saturated carbocycles. The van der Waals surface area contributed by atoms with Crippen molar-refractivity contribution in [1.29, 1.82) is 0 Å². The van der Waals surface area contributed by atoms with Crippen LogP contribution in [0.4, 0.5) is 4.79 Å². The van der Waals surface area contributed by atoms with Gasteiger partial charge in [0.25, 0.3) is 0 Å². The molecule has 1 N–H and O–H groups in total. The molecule has 8 nitrogen and oxygen atoms in total. The first-order valence-corrected chi connectivity index (χ1v) is 11.1. The smallest absolute Gasteiger partial charge is 0.423 e. The topological polar surface area (TPSA) is 102 Å². The van der Waals surface area contributed by atoms with Gasteiger partial charge < -0.3 is 8.92 Å². The number of nitrogens with zero attached hydrogens (tertiary/aromatic N) is 1. The van der Waals surface area contributed by atoms with E-state index in [1.807, 2.05) is 30.3 Å². The summed E-state index contributed by atoms with van der Waals surface area (Å²) >= 11 is 0. The van der Waals surface area contributed by atoms with Crippen molar-refractivity contribution < 1.29 is 26.9 Å². The predicted molar refractivity (Wildman–Crippen MR) is 113 cm³/mol. The summed E-state index contributed by atoms with van der Waals surface area (Å²) in [6.07, 6.45) is -0.226. The number of rotatable bonds is 9. The molecule has 0 aromatic heterocycles. The number of ether oxygens (including phenoxy) is 1. The number of carbonyl (C=O) groups is 2. The van der Waals surface area contributed by atoms with E-state index in [9.17, 15) is 18.0 Å². The lowest BCUT2D eigenvalue weighted by Gasteiger charge is -2.28. The summed E-state index contributed by atoms with van der Waals surface area (Å²) in [6, 6.07) is 10.8. The van der Waals surface area contributed by atoms with E-state index in [1.54, 1.807) is 0 Å². The predicted octanol–water partition coefficient (Wildman–Crippen LogP) is 3.28. The summed E-state index contributed by atoms with van der Waals surface area (Å²) in [4.78, 5) is 24.5. The lowest BCUT2D eigenvalue weighted by Crippen LogP contribution is -2.36. The van der Waals surface area contributed by atoms with Crippen LogP contribution in [0.5, 0.6) is 0 Å². The number of nitrogens with one attached hydrogen (secondary N) is 1. The van der Waals surface area contributed by atoms with Crippen LogP contribution in [0.15, 0.2) is 30.3 Å². The molecule has 0 aliphatic heterocycles. The van der Waals surface area contributed by atoms with E-state index < -0.39 is 22.4 Å². The van der Waals surface area contributed by atoms with Crippen LogP contribution in [0.1, 0.15) is 53.0 Å². The monoisotopic (exact) mass is 430 g/mol. The zero-order valence-corrected chi connectivity index (χ0v) is 19.0. The van der Waals surface area contributed by atoms with Gasteiger partial charge in [-0.05, 0) is 52.6 Å². The number of benzene rings is 1. The SMILES string of the molecule is CCN(C(C)C)C(C)C.COC(=O)NS(=O)(=O)OC(=O)CCCc1ccccc1. The van der Waals surface area contributed by atoms with Gasteiger partial charge in [-0.25, -0.2) is 4.79 Å². The van der Waals surface area contributed by atoms with Gasteiger partial charge in [0, 0.05) is 18.5 Å². The molecule has 166 valence electrons. The Morgan fingerprint density at radius 1 is 1.07 bits per heavy atom. The Balaban J connectivity index is 0.000000734. The normalized spacial score (nSPS) is 11.1. The molecular weight excluding hydrogens is 396 g/mol. The first-order chi connectivity index (χ1) is 13.5. The van der Waals surface area contributed by atoms with E-state index in [1.165, 1.54) is 4.72 Å². The molecule has 1 amide bonds. The number of methoxy groups -OCH3 is 1. The fourth-order valence-corrected chi connectivity index (χ4v) is 3.39. The van der Waals surface area contributed by atoms with E-state index in [2.05, 4.69) is 48.4 Å². The van der Waals surface area contributed by atoms with Crippen LogP contribution in [0.2, 0.25) is 0 Å². The summed E-state index contributed by atoms with van der Waals surface area (Å²) in [6.45, 7) is 12.3. The van der Waals surface area contributed by atoms with Gasteiger partial charge in [-0.3, -0.25) is 9.69 Å². The van der Waals surface area contributed by atoms with Crippen molar-refractivity contribution >= 4 is 22.4 Å². The van der Waals surface area contributed by atoms with E-state index in [0.29, 0.717) is 24.9 Å². The van der Waals surface area contributed by atoms with Crippen LogP contribution >= 0.6 is 0 Å². The second-order valence-electron chi connectivity index (χ2n) is 6.86. The minimum absolute atomic E-state index is 0.0724. The lowest BCUT2D eigenvalue weighted by atomic mass is 10.1. The third kappa shape index (κ3) is 12.8. The highest BCUT2D eigenvalue weighted by Gasteiger charge is 2.20. The zero-order valence-electron chi connectivity index (χ0n) is 18.2. The van der Waals surface area contributed by atoms with E-state index in [0.717, 1.165) is 19.2 Å². The lowest BCUT2D eigenvalue weighted by molar-refractivity contribution is -0.133. The van der Waals surface area contributed by atoms with Crippen LogP contribution in [0.25, 0.3) is 0 Å². The first-order valence-electron chi connectivity index (χ1n) is 9.65. The molecule has 0 atom stereocenters. The van der Waals surface area contributed by atoms with Crippen LogP contribution < -0.4 is 4.72 Å². The maximum atomic E-state index is 11.3. The molecule has 0 spiro atoms. The number of hydrogen-bond acceptors (Lipinski definition) is 7. The summed E-state index contributed by atoms with van der Waals surface area (Å²) < 4.78 is 32.0. The van der Waals surface area contributed by atoms with Crippen LogP contribution in [-0.2, 0) is 30.4 Å². The highest BCUT2D eigenvalue weighted by atomic mass is 32.2. The van der Waals surface area contributed by atoms with Crippen molar-refractivity contribution in [1.82, 2.24) is 9.62 Å². The van der Waals surface area contributed by atoms with Crippen molar-refractivity contribution in [2.24, 2.45) is 0 Å². The van der Waals surface area contributed by atoms with E-state index >= 15 is 0 Å². The molecule has 0 saturated heterocycles. The van der Waals surface area contributed by atoms with Gasteiger partial charge >= 0.3 is 22.4 Å². The van der Waals surface area contributed by atoms with Gasteiger partial charge in [0.2, 0.25) is 0 Å². The molecule has 0 aliphatic rings. The summed E-state index contributed by atoms with van der Waals surface area (Å²) in [5.41, 5.74) is 1.04. The number of hydrogen-bond donors (Lipinski definition) is 1. The molecule has 0 fully saturated rings. The molecule has 1 aromatic rings. The molecule has 0 radical (unpaired) electrons. The Hall–Kier alpha value is -2.13. The second-order valence-corrected chi connectivity index (χ2v) is 8.14. The van der Waals surface area contributed by atoms with Crippen LogP contribution in [-0.4, -0.2) is 51.1 Å². The molecule has 1 aromatic carbocycles. The van der Waals surface area contributed by atoms with Gasteiger partial charge in [0.15, 0.2) is 0 Å². The number of amides is 1. The molecule has 0 unspecified atom stereocenters. The first kappa shape index (κ1) is 26.9. The Bertz CT molecular complexity index is 697. The van der Waals surface area contributed by atoms with Gasteiger partial charge in [-0.2, -0.15) is 13.1 Å². The highest BCUT2D eigenvalue weighted by Crippen LogP contribution is 2.06. The minimum Gasteiger partial charge on any atom is -0.452 e. The molecule has 1 rings (SSSR count). The third-order valence-electron chi connectivity index (χ3n) is 3.98. The average molecular weight is 431 g/mol. The minimum atomic E-state index is -4.46. The van der Waals surface area contributed by atoms with E-state index in [-0.39, 0.29) is 6.42 Å². The molecule has 29 heavy (non-hydrogen) atoms. The van der Waals surface area contributed by atoms with Gasteiger partial charge in [0.05, 0.1) is 7.11 Å². The Kier molecular flexibility index (Phi) is 12.9. The largest absolute Gasteiger partial charge is 0.452 e. The maximum absolute atomic E-state index is 11.3. The van der Waals surface area contributed by atoms with Gasteiger partial charge in [-0.15, -0.1) is 0 Å². The summed E-state index contributed by atoms with van der Waals surface area (Å²) in [5.74, 6) is -0.933. The number of aryl methyl sites for hydroxylation is 1. The van der Waals surface area contributed by atoms with Crippen molar-refractivity contribution in [2.75, 3.05) is 13.7 Å². The molecule has 0 bridgehead atoms. The van der Waals surface area contributed by atoms with Crippen molar-refractivity contribution in [3.63, 3.8) is 0 Å². The van der Waals surface area contributed by atoms with Crippen molar-refractivity contribution in [2.45, 2.75) is 66.0 Å². The Labute approximate surface area is 174 Å². The van der Waals surface area contributed by atoms with Crippen LogP contribution in [0, 0.1) is 0 Å². The second kappa shape index (κ2) is 13.9.